The number of hydrogen-bond donors (Lipinski definition) is 2. The van der Waals surface area contributed by atoms with Gasteiger partial charge in [-0.3, -0.25) is 15.0 Å². The number of nitrogens with one attached hydrogen (secondary N) is 1. The summed E-state index contributed by atoms with van der Waals surface area (Å²) in [6.45, 7) is 1.41. The van der Waals surface area contributed by atoms with Crippen molar-refractivity contribution in [2.45, 2.75) is 13.0 Å². The molecule has 1 aliphatic heterocycles. The van der Waals surface area contributed by atoms with Crippen molar-refractivity contribution in [1.29, 1.82) is 0 Å². The third-order valence-electron chi connectivity index (χ3n) is 3.98. The van der Waals surface area contributed by atoms with Crippen molar-refractivity contribution >= 4 is 63.8 Å². The van der Waals surface area contributed by atoms with Crippen molar-refractivity contribution in [3.63, 3.8) is 0 Å². The largest absolute Gasteiger partial charge is 0.479 e. The molecule has 0 aliphatic carbocycles. The van der Waals surface area contributed by atoms with Crippen molar-refractivity contribution in [3.8, 4) is 5.75 Å². The minimum Gasteiger partial charge on any atom is -0.479 e. The molecular weight excluding hydrogens is 448 g/mol. The molecule has 1 saturated heterocycles. The molecular formula is C20H15ClN2O5S2. The Bertz CT molecular complexity index is 1070. The summed E-state index contributed by atoms with van der Waals surface area (Å²) in [4.78, 5) is 36.6. The molecule has 0 bridgehead atoms. The summed E-state index contributed by atoms with van der Waals surface area (Å²) in [6, 6.07) is 13.1. The molecule has 2 aromatic rings. The Morgan fingerprint density at radius 2 is 1.90 bits per heavy atom. The van der Waals surface area contributed by atoms with E-state index in [1.165, 1.54) is 19.1 Å². The van der Waals surface area contributed by atoms with E-state index in [2.05, 4.69) is 5.43 Å². The highest BCUT2D eigenvalue weighted by Crippen LogP contribution is 2.33. The van der Waals surface area contributed by atoms with Crippen LogP contribution in [0.25, 0.3) is 6.08 Å². The van der Waals surface area contributed by atoms with Crippen LogP contribution in [0.4, 0.5) is 0 Å². The van der Waals surface area contributed by atoms with E-state index in [-0.39, 0.29) is 19.8 Å². The molecule has 0 spiro atoms. The van der Waals surface area contributed by atoms with E-state index in [1.54, 1.807) is 42.5 Å². The Balaban J connectivity index is 1.81. The maximum atomic E-state index is 12.8. The fraction of sp³-hybridized carbons (Fsp3) is 0.100. The number of aliphatic carboxylic acids is 1. The number of carbonyl (C=O) groups is 3. The summed E-state index contributed by atoms with van der Waals surface area (Å²) in [6.07, 6.45) is 0.467. The lowest BCUT2D eigenvalue weighted by Gasteiger charge is -2.16. The number of thioether (sulfide) groups is 1. The van der Waals surface area contributed by atoms with Crippen LogP contribution in [0.2, 0.25) is 5.02 Å². The summed E-state index contributed by atoms with van der Waals surface area (Å²) in [5.41, 5.74) is 3.17. The zero-order chi connectivity index (χ0) is 21.8. The number of hydrazine groups is 1. The van der Waals surface area contributed by atoms with Crippen LogP contribution in [0, 0.1) is 0 Å². The quantitative estimate of drug-likeness (QED) is 0.498. The molecule has 1 fully saturated rings. The molecule has 2 N–H and O–H groups in total. The molecule has 0 aromatic heterocycles. The minimum absolute atomic E-state index is 0.143. The third kappa shape index (κ3) is 4.81. The second kappa shape index (κ2) is 9.29. The molecule has 10 heteroatoms. The molecule has 154 valence electrons. The number of ether oxygens (including phenoxy) is 1. The summed E-state index contributed by atoms with van der Waals surface area (Å²) in [5, 5.41) is 10.3. The summed E-state index contributed by atoms with van der Waals surface area (Å²) < 4.78 is 5.59. The first kappa shape index (κ1) is 21.8. The van der Waals surface area contributed by atoms with Gasteiger partial charge in [0.25, 0.3) is 11.8 Å². The smallest absolute Gasteiger partial charge is 0.344 e. The highest BCUT2D eigenvalue weighted by Gasteiger charge is 2.34. The second-order valence-corrected chi connectivity index (χ2v) is 8.16. The highest BCUT2D eigenvalue weighted by atomic mass is 35.5. The lowest BCUT2D eigenvalue weighted by molar-refractivity contribution is -0.144. The normalized spacial score (nSPS) is 15.9. The Kier molecular flexibility index (Phi) is 6.76. The van der Waals surface area contributed by atoms with Crippen molar-refractivity contribution < 1.29 is 24.2 Å². The van der Waals surface area contributed by atoms with E-state index in [4.69, 9.17) is 33.7 Å². The zero-order valence-electron chi connectivity index (χ0n) is 15.5. The predicted molar refractivity (Wildman–Crippen MR) is 118 cm³/mol. The van der Waals surface area contributed by atoms with E-state index in [0.717, 1.165) is 16.8 Å². The molecule has 1 aliphatic rings. The van der Waals surface area contributed by atoms with Crippen molar-refractivity contribution in [2.24, 2.45) is 0 Å². The molecule has 30 heavy (non-hydrogen) atoms. The molecule has 0 radical (unpaired) electrons. The van der Waals surface area contributed by atoms with Gasteiger partial charge in [-0.05, 0) is 43.4 Å². The Morgan fingerprint density at radius 3 is 2.60 bits per heavy atom. The number of thiocarbonyl (C=S) groups is 1. The van der Waals surface area contributed by atoms with Crippen LogP contribution in [-0.4, -0.2) is 38.3 Å². The minimum atomic E-state index is -1.11. The number of halogens is 1. The van der Waals surface area contributed by atoms with Gasteiger partial charge in [0.2, 0.25) is 0 Å². The number of nitrogens with zero attached hydrogens (tertiary/aromatic N) is 1. The highest BCUT2D eigenvalue weighted by molar-refractivity contribution is 8.26. The lowest BCUT2D eigenvalue weighted by atomic mass is 10.2. The van der Waals surface area contributed by atoms with E-state index in [9.17, 15) is 14.4 Å². The van der Waals surface area contributed by atoms with Crippen molar-refractivity contribution in [3.05, 3.63) is 69.6 Å². The molecule has 1 unspecified atom stereocenters. The number of rotatable bonds is 6. The molecule has 2 aromatic carbocycles. The summed E-state index contributed by atoms with van der Waals surface area (Å²) >= 11 is 12.2. The monoisotopic (exact) mass is 462 g/mol. The Hall–Kier alpha value is -2.88. The third-order valence-corrected chi connectivity index (χ3v) is 5.61. The average Bonchev–Trinajstić information content (AvgIpc) is 2.97. The molecule has 1 atom stereocenters. The molecule has 2 amide bonds. The molecule has 7 nitrogen and oxygen atoms in total. The van der Waals surface area contributed by atoms with Crippen LogP contribution in [-0.2, 0) is 9.59 Å². The van der Waals surface area contributed by atoms with E-state index >= 15 is 0 Å². The Labute approximate surface area is 186 Å². The van der Waals surface area contributed by atoms with E-state index < -0.39 is 23.9 Å². The summed E-state index contributed by atoms with van der Waals surface area (Å²) in [5.74, 6) is -1.90. The number of carboxylic acid groups (broad SMARTS) is 1. The number of benzene rings is 2. The fourth-order valence-corrected chi connectivity index (χ4v) is 3.85. The number of amides is 2. The second-order valence-electron chi connectivity index (χ2n) is 6.07. The van der Waals surface area contributed by atoms with Crippen LogP contribution in [0.3, 0.4) is 0 Å². The van der Waals surface area contributed by atoms with Crippen LogP contribution < -0.4 is 10.2 Å². The SMILES string of the molecule is CC(Oc1ccccc1/C=C1/SC(=S)N(NC(=O)c2ccccc2Cl)C1=O)C(=O)O. The van der Waals surface area contributed by atoms with Gasteiger partial charge in [0.05, 0.1) is 15.5 Å². The molecule has 3 rings (SSSR count). The van der Waals surface area contributed by atoms with E-state index in [0.29, 0.717) is 11.3 Å². The maximum Gasteiger partial charge on any atom is 0.344 e. The van der Waals surface area contributed by atoms with Crippen LogP contribution >= 0.6 is 35.6 Å². The van der Waals surface area contributed by atoms with Crippen molar-refractivity contribution in [2.75, 3.05) is 0 Å². The number of carbonyl (C=O) groups excluding carboxylic acids is 2. The van der Waals surface area contributed by atoms with Crippen LogP contribution in [0.5, 0.6) is 5.75 Å². The fourth-order valence-electron chi connectivity index (χ4n) is 2.46. The van der Waals surface area contributed by atoms with Crippen LogP contribution in [0.15, 0.2) is 53.4 Å². The van der Waals surface area contributed by atoms with Gasteiger partial charge < -0.3 is 9.84 Å². The van der Waals surface area contributed by atoms with Crippen molar-refractivity contribution in [1.82, 2.24) is 10.4 Å². The zero-order valence-corrected chi connectivity index (χ0v) is 17.9. The maximum absolute atomic E-state index is 12.8. The van der Waals surface area contributed by atoms with Gasteiger partial charge in [0.15, 0.2) is 10.4 Å². The molecule has 0 saturated carbocycles. The molecule has 1 heterocycles. The first-order valence-electron chi connectivity index (χ1n) is 8.60. The number of hydrogen-bond acceptors (Lipinski definition) is 6. The van der Waals surface area contributed by atoms with Gasteiger partial charge in [0, 0.05) is 5.56 Å². The van der Waals surface area contributed by atoms with Gasteiger partial charge in [0.1, 0.15) is 5.75 Å². The van der Waals surface area contributed by atoms with Gasteiger partial charge in [-0.15, -0.1) is 0 Å². The van der Waals surface area contributed by atoms with Gasteiger partial charge in [-0.2, -0.15) is 5.01 Å². The Morgan fingerprint density at radius 1 is 1.23 bits per heavy atom. The lowest BCUT2D eigenvalue weighted by Crippen LogP contribution is -2.44. The van der Waals surface area contributed by atoms with Gasteiger partial charge in [-0.25, -0.2) is 4.79 Å². The average molecular weight is 463 g/mol. The van der Waals surface area contributed by atoms with Gasteiger partial charge >= 0.3 is 5.97 Å². The van der Waals surface area contributed by atoms with Gasteiger partial charge in [-0.1, -0.05) is 53.7 Å². The number of para-hydroxylation sites is 1. The predicted octanol–water partition coefficient (Wildman–Crippen LogP) is 3.74. The summed E-state index contributed by atoms with van der Waals surface area (Å²) in [7, 11) is 0. The topological polar surface area (TPSA) is 95.9 Å². The number of carboxylic acids is 1. The standard InChI is InChI=1S/C20H15ClN2O5S2/c1-11(19(26)27)28-15-9-5-2-6-12(15)10-16-18(25)23(20(29)30-16)22-17(24)13-7-3-4-8-14(13)21/h2-11H,1H3,(H,22,24)(H,26,27)/b16-10+. The first-order chi connectivity index (χ1) is 14.3. The first-order valence-corrected chi connectivity index (χ1v) is 10.2. The van der Waals surface area contributed by atoms with E-state index in [1.807, 2.05) is 0 Å². The van der Waals surface area contributed by atoms with Crippen LogP contribution in [0.1, 0.15) is 22.8 Å².